The first-order valence-electron chi connectivity index (χ1n) is 7.12. The molecule has 3 rings (SSSR count). The average molecular weight is 333 g/mol. The molecule has 106 valence electrons. The number of nitrogens with zero attached hydrogens (tertiary/aromatic N) is 1. The van der Waals surface area contributed by atoms with E-state index in [9.17, 15) is 0 Å². The Morgan fingerprint density at radius 2 is 1.30 bits per heavy atom. The van der Waals surface area contributed by atoms with Crippen LogP contribution >= 0.6 is 15.9 Å². The zero-order chi connectivity index (χ0) is 14.6. The number of rotatable bonds is 1. The lowest BCUT2D eigenvalue weighted by Crippen LogP contribution is -2.34. The van der Waals surface area contributed by atoms with Crippen molar-refractivity contribution in [2.75, 3.05) is 21.1 Å². The van der Waals surface area contributed by atoms with Gasteiger partial charge in [-0.1, -0.05) is 36.4 Å². The van der Waals surface area contributed by atoms with Gasteiger partial charge in [-0.3, -0.25) is 4.48 Å². The molecule has 0 amide bonds. The first-order chi connectivity index (χ1) is 9.48. The van der Waals surface area contributed by atoms with Gasteiger partial charge in [-0.15, -0.1) is 0 Å². The minimum Gasteiger partial charge on any atom is -0.297 e. The van der Waals surface area contributed by atoms with Crippen molar-refractivity contribution in [1.29, 1.82) is 0 Å². The Kier molecular flexibility index (Phi) is 5.00. The van der Waals surface area contributed by atoms with Gasteiger partial charge in [0.1, 0.15) is 5.69 Å². The standard InChI is InChI=1S/C9H13BrN.C9H10/c1-11(2,3)9-7-5-4-6-8(9)10;1-2-5-9-7-3-6-8(9)4-1/h4-7H,1-3H3;1-2,4-5H,3,6-7H2/q+1;. The third kappa shape index (κ3) is 3.94. The largest absolute Gasteiger partial charge is 0.297 e. The monoisotopic (exact) mass is 332 g/mol. The highest BCUT2D eigenvalue weighted by atomic mass is 79.9. The van der Waals surface area contributed by atoms with Crippen LogP contribution in [0.4, 0.5) is 5.69 Å². The smallest absolute Gasteiger partial charge is 0.146 e. The van der Waals surface area contributed by atoms with Crippen molar-refractivity contribution in [1.82, 2.24) is 4.48 Å². The second-order valence-corrected chi connectivity index (χ2v) is 6.94. The number of halogens is 1. The Labute approximate surface area is 131 Å². The average Bonchev–Trinajstić information content (AvgIpc) is 2.87. The lowest BCUT2D eigenvalue weighted by Gasteiger charge is -2.24. The van der Waals surface area contributed by atoms with E-state index in [2.05, 4.69) is 79.5 Å². The molecule has 0 heterocycles. The highest BCUT2D eigenvalue weighted by Crippen LogP contribution is 2.26. The number of benzene rings is 2. The second-order valence-electron chi connectivity index (χ2n) is 6.09. The maximum Gasteiger partial charge on any atom is 0.146 e. The second kappa shape index (κ2) is 6.55. The number of hydrogen-bond acceptors (Lipinski definition) is 0. The number of fused-ring (bicyclic) bond motifs is 1. The third-order valence-corrected chi connectivity index (χ3v) is 4.26. The Bertz CT molecular complexity index is 547. The van der Waals surface area contributed by atoms with Crippen LogP contribution in [0.5, 0.6) is 0 Å². The van der Waals surface area contributed by atoms with Crippen LogP contribution in [-0.2, 0) is 12.8 Å². The van der Waals surface area contributed by atoms with Gasteiger partial charge in [0, 0.05) is 6.07 Å². The molecule has 20 heavy (non-hydrogen) atoms. The number of quaternary nitrogens is 1. The summed E-state index contributed by atoms with van der Waals surface area (Å²) in [6, 6.07) is 17.0. The molecule has 0 saturated carbocycles. The summed E-state index contributed by atoms with van der Waals surface area (Å²) in [6.45, 7) is 0. The maximum absolute atomic E-state index is 3.52. The van der Waals surface area contributed by atoms with E-state index in [1.165, 1.54) is 29.4 Å². The molecular formula is C18H23BrN+. The molecule has 0 N–H and O–H groups in total. The van der Waals surface area contributed by atoms with Crippen molar-refractivity contribution in [3.8, 4) is 0 Å². The SMILES string of the molecule is C[N+](C)(C)c1ccccc1Br.c1ccc2c(c1)CCC2. The first kappa shape index (κ1) is 15.3. The molecule has 0 aromatic heterocycles. The fraction of sp³-hybridized carbons (Fsp3) is 0.333. The summed E-state index contributed by atoms with van der Waals surface area (Å²) in [7, 11) is 6.46. The lowest BCUT2D eigenvalue weighted by molar-refractivity contribution is 0.484. The van der Waals surface area contributed by atoms with Gasteiger partial charge in [0.25, 0.3) is 0 Å². The minimum absolute atomic E-state index is 0.849. The number of aryl methyl sites for hydroxylation is 2. The van der Waals surface area contributed by atoms with Crippen LogP contribution in [0.2, 0.25) is 0 Å². The summed E-state index contributed by atoms with van der Waals surface area (Å²) >= 11 is 3.52. The van der Waals surface area contributed by atoms with Crippen molar-refractivity contribution in [2.24, 2.45) is 0 Å². The molecule has 0 unspecified atom stereocenters. The molecule has 0 spiro atoms. The molecule has 0 bridgehead atoms. The van der Waals surface area contributed by atoms with E-state index in [1.54, 1.807) is 11.1 Å². The summed E-state index contributed by atoms with van der Waals surface area (Å²) in [4.78, 5) is 0. The molecule has 0 fully saturated rings. The normalized spacial score (nSPS) is 13.4. The Balaban J connectivity index is 0.000000149. The van der Waals surface area contributed by atoms with Crippen LogP contribution in [0.1, 0.15) is 17.5 Å². The molecule has 2 aromatic carbocycles. The highest BCUT2D eigenvalue weighted by molar-refractivity contribution is 9.10. The van der Waals surface area contributed by atoms with Crippen LogP contribution < -0.4 is 4.48 Å². The first-order valence-corrected chi connectivity index (χ1v) is 7.91. The van der Waals surface area contributed by atoms with Crippen LogP contribution in [0.3, 0.4) is 0 Å². The van der Waals surface area contributed by atoms with Crippen molar-refractivity contribution in [3.63, 3.8) is 0 Å². The van der Waals surface area contributed by atoms with Crippen molar-refractivity contribution in [3.05, 3.63) is 64.1 Å². The Morgan fingerprint density at radius 1 is 0.800 bits per heavy atom. The van der Waals surface area contributed by atoms with Gasteiger partial charge in [-0.2, -0.15) is 0 Å². The molecule has 0 atom stereocenters. The zero-order valence-electron chi connectivity index (χ0n) is 12.6. The van der Waals surface area contributed by atoms with Gasteiger partial charge in [0.2, 0.25) is 0 Å². The van der Waals surface area contributed by atoms with Crippen LogP contribution in [0.15, 0.2) is 53.0 Å². The summed E-state index contributed by atoms with van der Waals surface area (Å²) in [5, 5.41) is 0. The Hall–Kier alpha value is -1.12. The predicted octanol–water partition coefficient (Wildman–Crippen LogP) is 4.82. The van der Waals surface area contributed by atoms with Gasteiger partial charge >= 0.3 is 0 Å². The number of hydrogen-bond donors (Lipinski definition) is 0. The summed E-state index contributed by atoms with van der Waals surface area (Å²) < 4.78 is 2.02. The summed E-state index contributed by atoms with van der Waals surface area (Å²) in [5.74, 6) is 0. The Morgan fingerprint density at radius 3 is 1.75 bits per heavy atom. The third-order valence-electron chi connectivity index (χ3n) is 3.59. The van der Waals surface area contributed by atoms with Gasteiger partial charge < -0.3 is 0 Å². The fourth-order valence-electron chi connectivity index (χ4n) is 2.51. The molecular weight excluding hydrogens is 310 g/mol. The van der Waals surface area contributed by atoms with Crippen molar-refractivity contribution >= 4 is 21.6 Å². The molecule has 1 aliphatic carbocycles. The minimum atomic E-state index is 0.849. The van der Waals surface area contributed by atoms with Gasteiger partial charge in [-0.05, 0) is 52.4 Å². The molecule has 0 saturated heterocycles. The van der Waals surface area contributed by atoms with E-state index >= 15 is 0 Å². The maximum atomic E-state index is 3.52. The molecule has 1 aliphatic rings. The molecule has 2 heteroatoms. The van der Waals surface area contributed by atoms with E-state index in [0.29, 0.717) is 0 Å². The summed E-state index contributed by atoms with van der Waals surface area (Å²) in [6.07, 6.45) is 3.96. The van der Waals surface area contributed by atoms with Crippen molar-refractivity contribution in [2.45, 2.75) is 19.3 Å². The quantitative estimate of drug-likeness (QED) is 0.656. The van der Waals surface area contributed by atoms with Crippen LogP contribution in [-0.4, -0.2) is 21.1 Å². The van der Waals surface area contributed by atoms with Gasteiger partial charge in [-0.25, -0.2) is 0 Å². The zero-order valence-corrected chi connectivity index (χ0v) is 14.2. The van der Waals surface area contributed by atoms with E-state index < -0.39 is 0 Å². The molecule has 1 nitrogen and oxygen atoms in total. The van der Waals surface area contributed by atoms with Gasteiger partial charge in [0.05, 0.1) is 25.6 Å². The summed E-state index contributed by atoms with van der Waals surface area (Å²) in [5.41, 5.74) is 4.43. The van der Waals surface area contributed by atoms with Gasteiger partial charge in [0.15, 0.2) is 0 Å². The van der Waals surface area contributed by atoms with Crippen LogP contribution in [0.25, 0.3) is 0 Å². The highest BCUT2D eigenvalue weighted by Gasteiger charge is 2.14. The fourth-order valence-corrected chi connectivity index (χ4v) is 3.33. The van der Waals surface area contributed by atoms with E-state index in [0.717, 1.165) is 4.48 Å². The van der Waals surface area contributed by atoms with E-state index in [1.807, 2.05) is 6.07 Å². The molecule has 0 aliphatic heterocycles. The van der Waals surface area contributed by atoms with E-state index in [4.69, 9.17) is 0 Å². The molecule has 2 aromatic rings. The lowest BCUT2D eigenvalue weighted by atomic mass is 10.1. The van der Waals surface area contributed by atoms with Crippen LogP contribution in [0, 0.1) is 0 Å². The van der Waals surface area contributed by atoms with Crippen molar-refractivity contribution < 1.29 is 0 Å². The number of para-hydroxylation sites is 1. The van der Waals surface area contributed by atoms with E-state index in [-0.39, 0.29) is 0 Å². The topological polar surface area (TPSA) is 0 Å². The predicted molar refractivity (Wildman–Crippen MR) is 92.2 cm³/mol. The molecule has 0 radical (unpaired) electrons.